The van der Waals surface area contributed by atoms with E-state index >= 15 is 0 Å². The van der Waals surface area contributed by atoms with Crippen LogP contribution < -0.4 is 21.9 Å². The number of aromatic amines is 1. The van der Waals surface area contributed by atoms with Gasteiger partial charge in [-0.15, -0.1) is 0 Å². The third kappa shape index (κ3) is 5.36. The van der Waals surface area contributed by atoms with Crippen LogP contribution in [0.25, 0.3) is 0 Å². The van der Waals surface area contributed by atoms with E-state index in [0.29, 0.717) is 24.3 Å². The maximum atomic E-state index is 13.7. The number of anilines is 2. The van der Waals surface area contributed by atoms with E-state index in [2.05, 4.69) is 10.1 Å². The number of rotatable bonds is 9. The van der Waals surface area contributed by atoms with E-state index < -0.39 is 29.1 Å². The van der Waals surface area contributed by atoms with Gasteiger partial charge in [-0.25, -0.2) is 9.18 Å². The van der Waals surface area contributed by atoms with Crippen molar-refractivity contribution in [2.24, 2.45) is 5.16 Å². The molecule has 1 aromatic heterocycles. The van der Waals surface area contributed by atoms with Crippen molar-refractivity contribution >= 4 is 23.1 Å². The smallest absolute Gasteiger partial charge is 0.330 e. The van der Waals surface area contributed by atoms with Crippen molar-refractivity contribution in [2.75, 3.05) is 30.9 Å². The number of oxime groups is 1. The van der Waals surface area contributed by atoms with Gasteiger partial charge in [0.05, 0.1) is 12.3 Å². The number of nitrogen functional groups attached to an aromatic ring is 1. The number of hydrogen-bond donors (Lipinski definition) is 2. The van der Waals surface area contributed by atoms with Gasteiger partial charge in [0.2, 0.25) is 6.10 Å². The lowest BCUT2D eigenvalue weighted by Gasteiger charge is -2.26. The van der Waals surface area contributed by atoms with Crippen LogP contribution in [0.5, 0.6) is 0 Å². The Morgan fingerprint density at radius 1 is 1.25 bits per heavy atom. The second kappa shape index (κ2) is 11.0. The average molecular weight is 496 g/mol. The molecule has 1 atom stereocenters. The molecular weight excluding hydrogens is 469 g/mol. The summed E-state index contributed by atoms with van der Waals surface area (Å²) in [5, 5.41) is 3.96. The number of aromatic nitrogens is 2. The summed E-state index contributed by atoms with van der Waals surface area (Å²) in [6.07, 6.45) is -0.590. The van der Waals surface area contributed by atoms with E-state index in [9.17, 15) is 18.8 Å². The first-order chi connectivity index (χ1) is 17.4. The molecule has 2 heterocycles. The third-order valence-corrected chi connectivity index (χ3v) is 5.77. The summed E-state index contributed by atoms with van der Waals surface area (Å²) in [6.45, 7) is 0.503. The van der Waals surface area contributed by atoms with Crippen LogP contribution in [0.3, 0.4) is 0 Å². The van der Waals surface area contributed by atoms with Crippen molar-refractivity contribution in [3.8, 4) is 0 Å². The lowest BCUT2D eigenvalue weighted by molar-refractivity contribution is -0.128. The predicted octanol–water partition coefficient (Wildman–Crippen LogP) is 1.87. The van der Waals surface area contributed by atoms with Crippen LogP contribution >= 0.6 is 0 Å². The summed E-state index contributed by atoms with van der Waals surface area (Å²) >= 11 is 0. The Morgan fingerprint density at radius 3 is 2.75 bits per heavy atom. The van der Waals surface area contributed by atoms with Crippen molar-refractivity contribution in [1.82, 2.24) is 9.55 Å². The van der Waals surface area contributed by atoms with Gasteiger partial charge in [-0.3, -0.25) is 19.1 Å². The topological polar surface area (TPSA) is 132 Å². The van der Waals surface area contributed by atoms with Gasteiger partial charge in [0.15, 0.2) is 5.69 Å². The number of ether oxygens (including phenoxy) is 1. The molecule has 0 saturated carbocycles. The zero-order valence-electron chi connectivity index (χ0n) is 19.6. The quantitative estimate of drug-likeness (QED) is 0.436. The number of hydrogen-bond acceptors (Lipinski definition) is 7. The number of benzene rings is 2. The monoisotopic (exact) mass is 495 g/mol. The maximum absolute atomic E-state index is 13.7. The van der Waals surface area contributed by atoms with Crippen molar-refractivity contribution < 1.29 is 18.8 Å². The van der Waals surface area contributed by atoms with Gasteiger partial charge in [0.25, 0.3) is 11.5 Å². The highest BCUT2D eigenvalue weighted by molar-refractivity contribution is 6.07. The molecule has 0 radical (unpaired) electrons. The van der Waals surface area contributed by atoms with E-state index in [0.717, 1.165) is 5.56 Å². The zero-order chi connectivity index (χ0) is 25.7. The molecule has 4 rings (SSSR count). The number of nitrogens with one attached hydrogen (secondary N) is 1. The Balaban J connectivity index is 1.66. The highest BCUT2D eigenvalue weighted by Gasteiger charge is 2.35. The molecule has 0 spiro atoms. The van der Waals surface area contributed by atoms with Crippen molar-refractivity contribution in [1.29, 1.82) is 0 Å². The SMILES string of the molecule is COCCCN(C(=O)C1CC(c2cccc(F)c2)=NO1)c1c(N)n(Cc2ccccc2)c(=O)[nH]c1=O. The second-order valence-electron chi connectivity index (χ2n) is 8.25. The van der Waals surface area contributed by atoms with Gasteiger partial charge >= 0.3 is 5.69 Å². The summed E-state index contributed by atoms with van der Waals surface area (Å²) in [6, 6.07) is 14.9. The first-order valence-electron chi connectivity index (χ1n) is 11.3. The molecular formula is C25H26FN5O5. The number of nitrogens with two attached hydrogens (primary N) is 1. The molecule has 1 aliphatic heterocycles. The molecule has 11 heteroatoms. The van der Waals surface area contributed by atoms with Gasteiger partial charge in [-0.1, -0.05) is 47.6 Å². The van der Waals surface area contributed by atoms with Crippen molar-refractivity contribution in [3.05, 3.63) is 92.4 Å². The van der Waals surface area contributed by atoms with E-state index in [4.69, 9.17) is 15.3 Å². The molecule has 2 aromatic carbocycles. The fourth-order valence-electron chi connectivity index (χ4n) is 3.98. The summed E-state index contributed by atoms with van der Waals surface area (Å²) in [5.41, 5.74) is 6.35. The lowest BCUT2D eigenvalue weighted by Crippen LogP contribution is -2.46. The molecule has 10 nitrogen and oxygen atoms in total. The van der Waals surface area contributed by atoms with Crippen LogP contribution in [0, 0.1) is 5.82 Å². The minimum absolute atomic E-state index is 0.0739. The Bertz CT molecular complexity index is 1390. The molecule has 0 saturated heterocycles. The number of carbonyl (C=O) groups excluding carboxylic acids is 1. The van der Waals surface area contributed by atoms with Gasteiger partial charge in [0, 0.05) is 32.2 Å². The standard InChI is InChI=1S/C25H26FN5O5/c1-35-12-6-11-30(24(33)20-14-19(29-36-20)17-9-5-10-18(26)13-17)21-22(27)31(25(34)28-23(21)32)15-16-7-3-2-4-8-16/h2-5,7-10,13,20H,6,11-12,14-15,27H2,1H3,(H,28,32,34). The molecule has 1 aliphatic rings. The molecule has 0 bridgehead atoms. The summed E-state index contributed by atoms with van der Waals surface area (Å²) < 4.78 is 20.0. The van der Waals surface area contributed by atoms with E-state index in [1.54, 1.807) is 6.07 Å². The van der Waals surface area contributed by atoms with Gasteiger partial charge in [-0.05, 0) is 24.1 Å². The molecule has 3 aromatic rings. The van der Waals surface area contributed by atoms with Crippen molar-refractivity contribution in [2.45, 2.75) is 25.5 Å². The predicted molar refractivity (Wildman–Crippen MR) is 133 cm³/mol. The van der Waals surface area contributed by atoms with Gasteiger partial charge < -0.3 is 20.2 Å². The highest BCUT2D eigenvalue weighted by atomic mass is 19.1. The van der Waals surface area contributed by atoms with E-state index in [-0.39, 0.29) is 31.0 Å². The Hall–Kier alpha value is -4.25. The fraction of sp³-hybridized carbons (Fsp3) is 0.280. The fourth-order valence-corrected chi connectivity index (χ4v) is 3.98. The number of H-pyrrole nitrogens is 1. The summed E-state index contributed by atoms with van der Waals surface area (Å²) in [7, 11) is 1.52. The largest absolute Gasteiger partial charge is 0.385 e. The van der Waals surface area contributed by atoms with Crippen LogP contribution in [0.2, 0.25) is 0 Å². The minimum Gasteiger partial charge on any atom is -0.385 e. The van der Waals surface area contributed by atoms with Crippen molar-refractivity contribution in [3.63, 3.8) is 0 Å². The van der Waals surface area contributed by atoms with Crippen LogP contribution in [-0.2, 0) is 20.9 Å². The second-order valence-corrected chi connectivity index (χ2v) is 8.25. The Labute approximate surface area is 205 Å². The normalized spacial score (nSPS) is 14.8. The average Bonchev–Trinajstić information content (AvgIpc) is 3.36. The molecule has 36 heavy (non-hydrogen) atoms. The van der Waals surface area contributed by atoms with Gasteiger partial charge in [0.1, 0.15) is 11.6 Å². The van der Waals surface area contributed by atoms with E-state index in [1.165, 1.54) is 34.8 Å². The molecule has 1 amide bonds. The number of halogens is 1. The van der Waals surface area contributed by atoms with Crippen LogP contribution in [0.1, 0.15) is 24.0 Å². The highest BCUT2D eigenvalue weighted by Crippen LogP contribution is 2.24. The third-order valence-electron chi connectivity index (χ3n) is 5.77. The number of carbonyl (C=O) groups is 1. The first kappa shape index (κ1) is 24.9. The van der Waals surface area contributed by atoms with Crippen LogP contribution in [0.15, 0.2) is 69.3 Å². The summed E-state index contributed by atoms with van der Waals surface area (Å²) in [4.78, 5) is 47.9. The van der Waals surface area contributed by atoms with Gasteiger partial charge in [-0.2, -0.15) is 0 Å². The van der Waals surface area contributed by atoms with Crippen LogP contribution in [0.4, 0.5) is 15.9 Å². The molecule has 188 valence electrons. The maximum Gasteiger partial charge on any atom is 0.330 e. The number of amides is 1. The molecule has 1 unspecified atom stereocenters. The lowest BCUT2D eigenvalue weighted by atomic mass is 10.0. The Kier molecular flexibility index (Phi) is 7.59. The molecule has 0 fully saturated rings. The van der Waals surface area contributed by atoms with Crippen LogP contribution in [-0.4, -0.2) is 47.5 Å². The van der Waals surface area contributed by atoms with E-state index in [1.807, 2.05) is 30.3 Å². The Morgan fingerprint density at radius 2 is 2.03 bits per heavy atom. The minimum atomic E-state index is -1.06. The zero-order valence-corrected chi connectivity index (χ0v) is 19.6. The molecule has 0 aliphatic carbocycles. The molecule has 3 N–H and O–H groups in total. The number of nitrogens with zero attached hydrogens (tertiary/aromatic N) is 3. The first-order valence-corrected chi connectivity index (χ1v) is 11.3. The number of methoxy groups -OCH3 is 1. The summed E-state index contributed by atoms with van der Waals surface area (Å²) in [5.74, 6) is -1.16.